The van der Waals surface area contributed by atoms with Crippen molar-refractivity contribution in [1.29, 1.82) is 5.26 Å². The summed E-state index contributed by atoms with van der Waals surface area (Å²) >= 11 is 5.44. The second-order valence-corrected chi connectivity index (χ2v) is 2.29. The van der Waals surface area contributed by atoms with Crippen LogP contribution in [-0.2, 0) is 0 Å². The quantitative estimate of drug-likeness (QED) is 0.404. The normalized spacial score (nSPS) is 10.8. The van der Waals surface area contributed by atoms with Crippen LogP contribution in [0.15, 0.2) is 23.5 Å². The SMILES string of the molecule is N#Cc1ccc(/C(Cl)=N/O)nc1. The maximum Gasteiger partial charge on any atom is 0.193 e. The molecule has 0 saturated carbocycles. The summed E-state index contributed by atoms with van der Waals surface area (Å²) in [6, 6.07) is 4.94. The summed E-state index contributed by atoms with van der Waals surface area (Å²) in [6.07, 6.45) is 1.35. The topological polar surface area (TPSA) is 69.3 Å². The minimum Gasteiger partial charge on any atom is -0.410 e. The van der Waals surface area contributed by atoms with Gasteiger partial charge in [-0.25, -0.2) is 0 Å². The van der Waals surface area contributed by atoms with Crippen LogP contribution in [0.25, 0.3) is 0 Å². The molecule has 1 aromatic rings. The van der Waals surface area contributed by atoms with Crippen molar-refractivity contribution in [2.45, 2.75) is 0 Å². The summed E-state index contributed by atoms with van der Waals surface area (Å²) in [6.45, 7) is 0. The van der Waals surface area contributed by atoms with Crippen LogP contribution in [0.3, 0.4) is 0 Å². The van der Waals surface area contributed by atoms with Gasteiger partial charge in [-0.3, -0.25) is 4.98 Å². The average molecular weight is 182 g/mol. The molecule has 4 nitrogen and oxygen atoms in total. The zero-order valence-corrected chi connectivity index (χ0v) is 6.65. The van der Waals surface area contributed by atoms with E-state index in [4.69, 9.17) is 22.1 Å². The van der Waals surface area contributed by atoms with Crippen molar-refractivity contribution in [2.75, 3.05) is 0 Å². The Morgan fingerprint density at radius 3 is 2.83 bits per heavy atom. The second-order valence-electron chi connectivity index (χ2n) is 1.93. The Labute approximate surface area is 73.7 Å². The van der Waals surface area contributed by atoms with Gasteiger partial charge in [-0.2, -0.15) is 5.26 Å². The fourth-order valence-electron chi connectivity index (χ4n) is 0.633. The highest BCUT2D eigenvalue weighted by atomic mass is 35.5. The number of oxime groups is 1. The number of aromatic nitrogens is 1. The smallest absolute Gasteiger partial charge is 0.193 e. The molecule has 0 saturated heterocycles. The van der Waals surface area contributed by atoms with E-state index in [2.05, 4.69) is 10.1 Å². The molecule has 0 spiro atoms. The van der Waals surface area contributed by atoms with Gasteiger partial charge in [0.15, 0.2) is 5.17 Å². The fourth-order valence-corrected chi connectivity index (χ4v) is 0.745. The van der Waals surface area contributed by atoms with E-state index in [0.29, 0.717) is 11.3 Å². The van der Waals surface area contributed by atoms with Crippen LogP contribution in [0.2, 0.25) is 0 Å². The van der Waals surface area contributed by atoms with Crippen LogP contribution in [0.5, 0.6) is 0 Å². The van der Waals surface area contributed by atoms with Crippen molar-refractivity contribution in [1.82, 2.24) is 4.98 Å². The number of hydrogen-bond donors (Lipinski definition) is 1. The fraction of sp³-hybridized carbons (Fsp3) is 0. The first kappa shape index (κ1) is 8.50. The molecule has 0 unspecified atom stereocenters. The average Bonchev–Trinajstić information content (AvgIpc) is 2.17. The summed E-state index contributed by atoms with van der Waals surface area (Å²) in [5.74, 6) is 0. The molecule has 0 radical (unpaired) electrons. The standard InChI is InChI=1S/C7H4ClN3O/c8-7(11-12)6-2-1-5(3-9)4-10-6/h1-2,4,12H/b11-7-. The Bertz CT molecular complexity index is 339. The Kier molecular flexibility index (Phi) is 2.62. The van der Waals surface area contributed by atoms with Gasteiger partial charge in [0.1, 0.15) is 11.8 Å². The highest BCUT2D eigenvalue weighted by Crippen LogP contribution is 2.02. The lowest BCUT2D eigenvalue weighted by Crippen LogP contribution is -1.94. The van der Waals surface area contributed by atoms with E-state index in [-0.39, 0.29) is 5.17 Å². The summed E-state index contributed by atoms with van der Waals surface area (Å²) in [5, 5.41) is 19.3. The molecular formula is C7H4ClN3O. The first-order valence-corrected chi connectivity index (χ1v) is 3.40. The molecule has 5 heteroatoms. The number of pyridine rings is 1. The summed E-state index contributed by atoms with van der Waals surface area (Å²) < 4.78 is 0. The lowest BCUT2D eigenvalue weighted by Gasteiger charge is -1.93. The number of nitriles is 1. The minimum absolute atomic E-state index is 0.0977. The highest BCUT2D eigenvalue weighted by Gasteiger charge is 2.00. The predicted octanol–water partition coefficient (Wildman–Crippen LogP) is 1.33. The van der Waals surface area contributed by atoms with Crippen molar-refractivity contribution < 1.29 is 5.21 Å². The first-order chi connectivity index (χ1) is 5.77. The van der Waals surface area contributed by atoms with Crippen LogP contribution in [0.4, 0.5) is 0 Å². The Morgan fingerprint density at radius 1 is 1.67 bits per heavy atom. The van der Waals surface area contributed by atoms with Crippen LogP contribution in [0, 0.1) is 11.3 Å². The molecule has 12 heavy (non-hydrogen) atoms. The van der Waals surface area contributed by atoms with Crippen molar-refractivity contribution in [3.8, 4) is 6.07 Å². The lowest BCUT2D eigenvalue weighted by molar-refractivity contribution is 0.320. The van der Waals surface area contributed by atoms with Crippen molar-refractivity contribution in [3.05, 3.63) is 29.6 Å². The van der Waals surface area contributed by atoms with E-state index in [1.807, 2.05) is 6.07 Å². The van der Waals surface area contributed by atoms with Gasteiger partial charge in [0, 0.05) is 6.20 Å². The molecule has 1 N–H and O–H groups in total. The van der Waals surface area contributed by atoms with E-state index < -0.39 is 0 Å². The van der Waals surface area contributed by atoms with Gasteiger partial charge in [0.25, 0.3) is 0 Å². The summed E-state index contributed by atoms with van der Waals surface area (Å²) in [7, 11) is 0. The number of nitrogens with zero attached hydrogens (tertiary/aromatic N) is 3. The molecule has 1 aromatic heterocycles. The van der Waals surface area contributed by atoms with Gasteiger partial charge in [-0.05, 0) is 12.1 Å². The van der Waals surface area contributed by atoms with E-state index in [9.17, 15) is 0 Å². The Hall–Kier alpha value is -1.60. The number of rotatable bonds is 1. The molecule has 0 atom stereocenters. The van der Waals surface area contributed by atoms with Gasteiger partial charge in [-0.15, -0.1) is 0 Å². The predicted molar refractivity (Wildman–Crippen MR) is 43.1 cm³/mol. The maximum atomic E-state index is 8.42. The van der Waals surface area contributed by atoms with E-state index in [1.54, 1.807) is 0 Å². The summed E-state index contributed by atoms with van der Waals surface area (Å²) in [5.41, 5.74) is 0.763. The molecule has 60 valence electrons. The molecule has 0 amide bonds. The van der Waals surface area contributed by atoms with Crippen molar-refractivity contribution in [3.63, 3.8) is 0 Å². The molecule has 0 aliphatic rings. The van der Waals surface area contributed by atoms with E-state index >= 15 is 0 Å². The van der Waals surface area contributed by atoms with Crippen LogP contribution in [0.1, 0.15) is 11.3 Å². The Morgan fingerprint density at radius 2 is 2.42 bits per heavy atom. The summed E-state index contributed by atoms with van der Waals surface area (Å²) in [4.78, 5) is 3.78. The third-order valence-corrected chi connectivity index (χ3v) is 1.46. The number of hydrogen-bond acceptors (Lipinski definition) is 4. The molecule has 1 rings (SSSR count). The third-order valence-electron chi connectivity index (χ3n) is 1.19. The third kappa shape index (κ3) is 1.71. The highest BCUT2D eigenvalue weighted by molar-refractivity contribution is 6.69. The first-order valence-electron chi connectivity index (χ1n) is 3.02. The van der Waals surface area contributed by atoms with Crippen LogP contribution >= 0.6 is 11.6 Å². The molecule has 0 fully saturated rings. The molecule has 0 aliphatic carbocycles. The van der Waals surface area contributed by atoms with Crippen LogP contribution in [-0.4, -0.2) is 15.4 Å². The molecule has 0 aliphatic heterocycles. The zero-order valence-electron chi connectivity index (χ0n) is 5.90. The molecule has 0 bridgehead atoms. The monoisotopic (exact) mass is 181 g/mol. The van der Waals surface area contributed by atoms with Crippen molar-refractivity contribution >= 4 is 16.8 Å². The number of halogens is 1. The van der Waals surface area contributed by atoms with Crippen LogP contribution < -0.4 is 0 Å². The largest absolute Gasteiger partial charge is 0.410 e. The molecule has 0 aromatic carbocycles. The van der Waals surface area contributed by atoms with Gasteiger partial charge in [0.05, 0.1) is 5.56 Å². The molecule has 1 heterocycles. The van der Waals surface area contributed by atoms with E-state index in [1.165, 1.54) is 18.3 Å². The zero-order chi connectivity index (χ0) is 8.97. The van der Waals surface area contributed by atoms with Gasteiger partial charge in [-0.1, -0.05) is 16.8 Å². The van der Waals surface area contributed by atoms with Gasteiger partial charge in [0.2, 0.25) is 0 Å². The maximum absolute atomic E-state index is 8.42. The van der Waals surface area contributed by atoms with E-state index in [0.717, 1.165) is 0 Å². The second kappa shape index (κ2) is 3.69. The van der Waals surface area contributed by atoms with Crippen molar-refractivity contribution in [2.24, 2.45) is 5.16 Å². The lowest BCUT2D eigenvalue weighted by atomic mass is 10.3. The van der Waals surface area contributed by atoms with Gasteiger partial charge >= 0.3 is 0 Å². The molecular weight excluding hydrogens is 178 g/mol. The minimum atomic E-state index is -0.0977. The van der Waals surface area contributed by atoms with Gasteiger partial charge < -0.3 is 5.21 Å². The Balaban J connectivity index is 3.02.